The third kappa shape index (κ3) is 2.48. The summed E-state index contributed by atoms with van der Waals surface area (Å²) in [5.74, 6) is -0.804. The highest BCUT2D eigenvalue weighted by atomic mass is 32.2. The Hall–Kier alpha value is -1.45. The van der Waals surface area contributed by atoms with Crippen molar-refractivity contribution >= 4 is 10.0 Å². The van der Waals surface area contributed by atoms with Gasteiger partial charge in [0.1, 0.15) is 22.3 Å². The standard InChI is InChI=1S/C13H15FN2O2S/c1-13(2)6-7-16(9-13)19(17,18)12-5-3-4-11(14)10(12)8-15/h3-5H,6-7,9H2,1-2H3. The molecule has 0 amide bonds. The molecule has 1 aromatic carbocycles. The molecule has 4 nitrogen and oxygen atoms in total. The van der Waals surface area contributed by atoms with Gasteiger partial charge in [-0.1, -0.05) is 19.9 Å². The Morgan fingerprint density at radius 2 is 2.11 bits per heavy atom. The molecule has 1 fully saturated rings. The lowest BCUT2D eigenvalue weighted by Gasteiger charge is -2.20. The first-order valence-electron chi connectivity index (χ1n) is 5.97. The summed E-state index contributed by atoms with van der Waals surface area (Å²) in [4.78, 5) is -0.243. The van der Waals surface area contributed by atoms with Crippen LogP contribution in [0.4, 0.5) is 4.39 Å². The minimum atomic E-state index is -3.80. The molecule has 0 unspecified atom stereocenters. The first kappa shape index (κ1) is 14.0. The minimum absolute atomic E-state index is 0.0901. The molecular formula is C13H15FN2O2S. The van der Waals surface area contributed by atoms with Crippen molar-refractivity contribution in [3.8, 4) is 6.07 Å². The molecule has 0 aromatic heterocycles. The van der Waals surface area contributed by atoms with Crippen molar-refractivity contribution in [1.29, 1.82) is 5.26 Å². The molecule has 6 heteroatoms. The predicted octanol–water partition coefficient (Wildman–Crippen LogP) is 2.12. The van der Waals surface area contributed by atoms with Crippen LogP contribution < -0.4 is 0 Å². The highest BCUT2D eigenvalue weighted by Crippen LogP contribution is 2.33. The molecule has 2 rings (SSSR count). The summed E-state index contributed by atoms with van der Waals surface area (Å²) in [5, 5.41) is 8.94. The average Bonchev–Trinajstić information content (AvgIpc) is 2.70. The average molecular weight is 282 g/mol. The van der Waals surface area contributed by atoms with Gasteiger partial charge in [0.2, 0.25) is 10.0 Å². The highest BCUT2D eigenvalue weighted by molar-refractivity contribution is 7.89. The molecule has 1 aliphatic heterocycles. The maximum atomic E-state index is 13.5. The Morgan fingerprint density at radius 3 is 2.63 bits per heavy atom. The number of sulfonamides is 1. The number of halogens is 1. The van der Waals surface area contributed by atoms with E-state index in [1.807, 2.05) is 13.8 Å². The first-order valence-corrected chi connectivity index (χ1v) is 7.41. The SMILES string of the molecule is CC1(C)CCN(S(=O)(=O)c2cccc(F)c2C#N)C1. The van der Waals surface area contributed by atoms with Crippen LogP contribution in [0.25, 0.3) is 0 Å². The van der Waals surface area contributed by atoms with Gasteiger partial charge in [0.05, 0.1) is 0 Å². The monoisotopic (exact) mass is 282 g/mol. The van der Waals surface area contributed by atoms with Crippen molar-refractivity contribution in [1.82, 2.24) is 4.31 Å². The molecule has 0 atom stereocenters. The van der Waals surface area contributed by atoms with Gasteiger partial charge in [-0.25, -0.2) is 12.8 Å². The van der Waals surface area contributed by atoms with Gasteiger partial charge in [0.15, 0.2) is 0 Å². The van der Waals surface area contributed by atoms with Gasteiger partial charge >= 0.3 is 0 Å². The van der Waals surface area contributed by atoms with Crippen LogP contribution in [0.1, 0.15) is 25.8 Å². The van der Waals surface area contributed by atoms with E-state index in [0.717, 1.165) is 12.5 Å². The third-order valence-corrected chi connectivity index (χ3v) is 5.23. The number of hydrogen-bond donors (Lipinski definition) is 0. The normalized spacial score (nSPS) is 19.3. The topological polar surface area (TPSA) is 61.2 Å². The second kappa shape index (κ2) is 4.58. The van der Waals surface area contributed by atoms with Crippen molar-refractivity contribution in [2.24, 2.45) is 5.41 Å². The Morgan fingerprint density at radius 1 is 1.42 bits per heavy atom. The highest BCUT2D eigenvalue weighted by Gasteiger charge is 2.38. The number of rotatable bonds is 2. The van der Waals surface area contributed by atoms with Crippen LogP contribution in [0.2, 0.25) is 0 Å². The lowest BCUT2D eigenvalue weighted by molar-refractivity contribution is 0.375. The fourth-order valence-corrected chi connectivity index (χ4v) is 4.02. The zero-order chi connectivity index (χ0) is 14.3. The van der Waals surface area contributed by atoms with Gasteiger partial charge in [0, 0.05) is 13.1 Å². The minimum Gasteiger partial charge on any atom is -0.207 e. The Labute approximate surface area is 112 Å². The summed E-state index contributed by atoms with van der Waals surface area (Å²) < 4.78 is 39.8. The molecule has 0 spiro atoms. The van der Waals surface area contributed by atoms with Crippen LogP contribution in [-0.2, 0) is 10.0 Å². The van der Waals surface area contributed by atoms with Crippen molar-refractivity contribution in [3.05, 3.63) is 29.6 Å². The maximum absolute atomic E-state index is 13.5. The van der Waals surface area contributed by atoms with E-state index in [9.17, 15) is 12.8 Å². The van der Waals surface area contributed by atoms with Crippen LogP contribution in [0.5, 0.6) is 0 Å². The van der Waals surface area contributed by atoms with E-state index in [1.165, 1.54) is 16.4 Å². The number of nitrogens with zero attached hydrogens (tertiary/aromatic N) is 2. The third-order valence-electron chi connectivity index (χ3n) is 3.35. The van der Waals surface area contributed by atoms with Gasteiger partial charge in [-0.05, 0) is 24.0 Å². The summed E-state index contributed by atoms with van der Waals surface area (Å²) in [6.45, 7) is 4.76. The van der Waals surface area contributed by atoms with Crippen molar-refractivity contribution in [3.63, 3.8) is 0 Å². The largest absolute Gasteiger partial charge is 0.244 e. The Bertz CT molecular complexity index is 647. The van der Waals surface area contributed by atoms with E-state index in [2.05, 4.69) is 0 Å². The molecule has 0 saturated carbocycles. The summed E-state index contributed by atoms with van der Waals surface area (Å²) in [7, 11) is -3.80. The van der Waals surface area contributed by atoms with E-state index in [0.29, 0.717) is 13.1 Å². The van der Waals surface area contributed by atoms with Gasteiger partial charge in [0.25, 0.3) is 0 Å². The van der Waals surface area contributed by atoms with Gasteiger partial charge in [-0.15, -0.1) is 0 Å². The first-order chi connectivity index (χ1) is 8.78. The number of nitriles is 1. The summed E-state index contributed by atoms with van der Waals surface area (Å²) in [6, 6.07) is 5.31. The fourth-order valence-electron chi connectivity index (χ4n) is 2.23. The zero-order valence-corrected chi connectivity index (χ0v) is 11.7. The second-order valence-electron chi connectivity index (χ2n) is 5.48. The lowest BCUT2D eigenvalue weighted by Crippen LogP contribution is -2.31. The van der Waals surface area contributed by atoms with Gasteiger partial charge in [-0.2, -0.15) is 9.57 Å². The molecule has 1 heterocycles. The fraction of sp³-hybridized carbons (Fsp3) is 0.462. The molecule has 19 heavy (non-hydrogen) atoms. The summed E-state index contributed by atoms with van der Waals surface area (Å²) >= 11 is 0. The number of benzene rings is 1. The smallest absolute Gasteiger partial charge is 0.207 e. The van der Waals surface area contributed by atoms with Gasteiger partial charge in [-0.3, -0.25) is 0 Å². The molecule has 0 bridgehead atoms. The van der Waals surface area contributed by atoms with Crippen LogP contribution >= 0.6 is 0 Å². The molecule has 0 radical (unpaired) electrons. The van der Waals surface area contributed by atoms with Crippen molar-refractivity contribution < 1.29 is 12.8 Å². The van der Waals surface area contributed by atoms with Crippen LogP contribution in [0.15, 0.2) is 23.1 Å². The molecule has 1 aromatic rings. The van der Waals surface area contributed by atoms with Crippen LogP contribution in [0.3, 0.4) is 0 Å². The Balaban J connectivity index is 2.48. The van der Waals surface area contributed by atoms with Crippen LogP contribution in [-0.4, -0.2) is 25.8 Å². The quantitative estimate of drug-likeness (QED) is 0.834. The molecule has 0 N–H and O–H groups in total. The summed E-state index contributed by atoms with van der Waals surface area (Å²) in [6.07, 6.45) is 0.753. The van der Waals surface area contributed by atoms with Crippen molar-refractivity contribution in [2.75, 3.05) is 13.1 Å². The predicted molar refractivity (Wildman–Crippen MR) is 68.3 cm³/mol. The van der Waals surface area contributed by atoms with Gasteiger partial charge < -0.3 is 0 Å². The van der Waals surface area contributed by atoms with Crippen molar-refractivity contribution in [2.45, 2.75) is 25.2 Å². The molecular weight excluding hydrogens is 267 g/mol. The zero-order valence-electron chi connectivity index (χ0n) is 10.9. The molecule has 0 aliphatic carbocycles. The van der Waals surface area contributed by atoms with E-state index < -0.39 is 21.4 Å². The van der Waals surface area contributed by atoms with Crippen LogP contribution in [0, 0.1) is 22.6 Å². The number of hydrogen-bond acceptors (Lipinski definition) is 3. The molecule has 1 saturated heterocycles. The second-order valence-corrected chi connectivity index (χ2v) is 7.38. The lowest BCUT2D eigenvalue weighted by atomic mass is 9.93. The van der Waals surface area contributed by atoms with E-state index >= 15 is 0 Å². The Kier molecular flexibility index (Phi) is 3.37. The summed E-state index contributed by atoms with van der Waals surface area (Å²) in [5.41, 5.74) is -0.500. The maximum Gasteiger partial charge on any atom is 0.244 e. The van der Waals surface area contributed by atoms with E-state index in [4.69, 9.17) is 5.26 Å². The molecule has 102 valence electrons. The van der Waals surface area contributed by atoms with E-state index in [1.54, 1.807) is 6.07 Å². The molecule has 1 aliphatic rings. The van der Waals surface area contributed by atoms with E-state index in [-0.39, 0.29) is 10.3 Å².